The molecule has 6 N–H and O–H groups in total. The van der Waals surface area contributed by atoms with Crippen molar-refractivity contribution in [1.29, 1.82) is 5.41 Å². The molecule has 1 aromatic rings. The molecule has 1 unspecified atom stereocenters. The van der Waals surface area contributed by atoms with Gasteiger partial charge in [-0.15, -0.1) is 0 Å². The summed E-state index contributed by atoms with van der Waals surface area (Å²) in [6.07, 6.45) is 1.50. The zero-order valence-electron chi connectivity index (χ0n) is 23.8. The van der Waals surface area contributed by atoms with Crippen molar-refractivity contribution in [3.05, 3.63) is 47.5 Å². The van der Waals surface area contributed by atoms with Gasteiger partial charge in [0.15, 0.2) is 11.7 Å². The number of nitrogens with two attached hydrogens (primary N) is 2. The third-order valence-electron chi connectivity index (χ3n) is 6.84. The quantitative estimate of drug-likeness (QED) is 0.169. The van der Waals surface area contributed by atoms with E-state index in [1.165, 1.54) is 6.92 Å². The first-order valence-corrected chi connectivity index (χ1v) is 13.5. The normalized spacial score (nSPS) is 20.5. The molecule has 0 saturated carbocycles. The molecule has 0 radical (unpaired) electrons. The van der Waals surface area contributed by atoms with E-state index < -0.39 is 36.2 Å². The number of aliphatic imine (C=N–C) groups is 1. The highest BCUT2D eigenvalue weighted by molar-refractivity contribution is 6.40. The Morgan fingerprint density at radius 2 is 1.72 bits per heavy atom. The summed E-state index contributed by atoms with van der Waals surface area (Å²) >= 11 is 0. The van der Waals surface area contributed by atoms with Gasteiger partial charge in [0.1, 0.15) is 6.10 Å². The van der Waals surface area contributed by atoms with Crippen LogP contribution in [0.3, 0.4) is 0 Å². The predicted molar refractivity (Wildman–Crippen MR) is 151 cm³/mol. The number of carbonyl (C=O) groups is 3. The number of esters is 1. The molecule has 1 aliphatic rings. The first kappa shape index (κ1) is 31.7. The van der Waals surface area contributed by atoms with Gasteiger partial charge in [0.25, 0.3) is 0 Å². The lowest BCUT2D eigenvalue weighted by Gasteiger charge is -2.37. The summed E-state index contributed by atoms with van der Waals surface area (Å²) in [4.78, 5) is 43.0. The summed E-state index contributed by atoms with van der Waals surface area (Å²) in [5, 5.41) is 11.1. The zero-order valence-corrected chi connectivity index (χ0v) is 23.8. The maximum Gasteiger partial charge on any atom is 0.334 e. The van der Waals surface area contributed by atoms with Crippen LogP contribution in [0.2, 0.25) is 0 Å². The molecular weight excluding hydrogens is 498 g/mol. The smallest absolute Gasteiger partial charge is 0.334 e. The fourth-order valence-electron chi connectivity index (χ4n) is 4.61. The minimum atomic E-state index is -0.917. The molecule has 10 heteroatoms. The molecule has 0 saturated heterocycles. The Hall–Kier alpha value is -3.53. The molecule has 0 aromatic heterocycles. The van der Waals surface area contributed by atoms with Crippen molar-refractivity contribution >= 4 is 29.3 Å². The van der Waals surface area contributed by atoms with E-state index in [9.17, 15) is 14.4 Å². The summed E-state index contributed by atoms with van der Waals surface area (Å²) in [5.41, 5.74) is 12.3. The van der Waals surface area contributed by atoms with E-state index in [1.54, 1.807) is 51.1 Å². The van der Waals surface area contributed by atoms with Gasteiger partial charge >= 0.3 is 5.97 Å². The van der Waals surface area contributed by atoms with Crippen molar-refractivity contribution in [2.24, 2.45) is 28.3 Å². The second kappa shape index (κ2) is 14.6. The number of rotatable bonds is 13. The number of hydrogen-bond donors (Lipinski definition) is 4. The number of nitrogens with one attached hydrogen (secondary N) is 2. The van der Waals surface area contributed by atoms with Crippen LogP contribution in [0.1, 0.15) is 72.5 Å². The number of nitrogens with zero attached hydrogens (tertiary/aromatic N) is 1. The van der Waals surface area contributed by atoms with Crippen LogP contribution in [0.5, 0.6) is 0 Å². The van der Waals surface area contributed by atoms with Gasteiger partial charge < -0.3 is 31.7 Å². The minimum absolute atomic E-state index is 0.0269. The Labute approximate surface area is 231 Å². The van der Waals surface area contributed by atoms with Gasteiger partial charge in [-0.05, 0) is 30.4 Å². The van der Waals surface area contributed by atoms with Crippen molar-refractivity contribution < 1.29 is 23.9 Å². The summed E-state index contributed by atoms with van der Waals surface area (Å²) in [6.45, 7) is 10.6. The number of benzene rings is 1. The van der Waals surface area contributed by atoms with Gasteiger partial charge in [-0.2, -0.15) is 0 Å². The van der Waals surface area contributed by atoms with E-state index in [4.69, 9.17) is 26.4 Å². The van der Waals surface area contributed by atoms with E-state index in [0.29, 0.717) is 5.56 Å². The number of amides is 1. The van der Waals surface area contributed by atoms with E-state index in [1.807, 2.05) is 19.9 Å². The minimum Gasteiger partial charge on any atom is -0.453 e. The van der Waals surface area contributed by atoms with Crippen LogP contribution in [0.25, 0.3) is 0 Å². The molecule has 0 aliphatic heterocycles. The van der Waals surface area contributed by atoms with Crippen LogP contribution in [0.15, 0.2) is 47.0 Å². The van der Waals surface area contributed by atoms with Crippen molar-refractivity contribution in [1.82, 2.24) is 5.32 Å². The first-order valence-electron chi connectivity index (χ1n) is 13.5. The molecule has 1 aromatic carbocycles. The van der Waals surface area contributed by atoms with Crippen LogP contribution in [0, 0.1) is 17.2 Å². The molecule has 214 valence electrons. The molecule has 1 aliphatic carbocycles. The van der Waals surface area contributed by atoms with Gasteiger partial charge in [-0.1, -0.05) is 65.0 Å². The highest BCUT2D eigenvalue weighted by Crippen LogP contribution is 2.32. The topological polar surface area (TPSA) is 170 Å². The Kier molecular flexibility index (Phi) is 11.8. The Morgan fingerprint density at radius 1 is 1.10 bits per heavy atom. The molecule has 39 heavy (non-hydrogen) atoms. The Balaban J connectivity index is 2.49. The third-order valence-corrected chi connectivity index (χ3v) is 6.84. The average molecular weight is 542 g/mol. The van der Waals surface area contributed by atoms with E-state index in [-0.39, 0.29) is 47.4 Å². The number of carbonyl (C=O) groups excluding carboxylic acids is 3. The van der Waals surface area contributed by atoms with Gasteiger partial charge in [-0.25, -0.2) is 9.79 Å². The van der Waals surface area contributed by atoms with Crippen molar-refractivity contribution in [3.8, 4) is 0 Å². The molecule has 0 spiro atoms. The fourth-order valence-corrected chi connectivity index (χ4v) is 4.61. The second-order valence-corrected chi connectivity index (χ2v) is 10.2. The predicted octanol–water partition coefficient (Wildman–Crippen LogP) is 3.20. The highest BCUT2D eigenvalue weighted by Gasteiger charge is 2.39. The first-order chi connectivity index (χ1) is 18.4. The molecule has 10 nitrogen and oxygen atoms in total. The number of guanidine groups is 1. The molecular formula is C29H43N5O5. The van der Waals surface area contributed by atoms with Crippen LogP contribution in [-0.4, -0.2) is 53.6 Å². The average Bonchev–Trinajstić information content (AvgIpc) is 2.90. The molecule has 5 atom stereocenters. The molecule has 1 amide bonds. The van der Waals surface area contributed by atoms with Crippen LogP contribution >= 0.6 is 0 Å². The van der Waals surface area contributed by atoms with Crippen LogP contribution in [-0.2, 0) is 23.9 Å². The SMILES string of the molecule is CCC(CC)O[C@@H]1C=C(C(=O)OC(c2ccccc2)[C@@H](C)C(=O)C(=N)C(C)C)C[C@H](N=C(N)N)[C@H]1NC(C)=O. The molecule has 2 rings (SSSR count). The largest absolute Gasteiger partial charge is 0.453 e. The third kappa shape index (κ3) is 8.74. The lowest BCUT2D eigenvalue weighted by molar-refractivity contribution is -0.149. The number of Topliss-reactive ketones (excluding diaryl/α,β-unsaturated/α-hetero) is 1. The maximum absolute atomic E-state index is 13.6. The summed E-state index contributed by atoms with van der Waals surface area (Å²) in [5.74, 6) is -2.54. The van der Waals surface area contributed by atoms with Gasteiger partial charge in [0.05, 0.1) is 35.9 Å². The number of ketones is 1. The van der Waals surface area contributed by atoms with Crippen molar-refractivity contribution in [2.45, 2.75) is 91.2 Å². The van der Waals surface area contributed by atoms with E-state index >= 15 is 0 Å². The highest BCUT2D eigenvalue weighted by atomic mass is 16.5. The lowest BCUT2D eigenvalue weighted by Crippen LogP contribution is -2.54. The van der Waals surface area contributed by atoms with Gasteiger partial charge in [0, 0.05) is 18.9 Å². The zero-order chi connectivity index (χ0) is 29.3. The number of ether oxygens (including phenoxy) is 2. The summed E-state index contributed by atoms with van der Waals surface area (Å²) < 4.78 is 12.3. The monoisotopic (exact) mass is 541 g/mol. The molecule has 0 fully saturated rings. The second-order valence-electron chi connectivity index (χ2n) is 10.2. The summed E-state index contributed by atoms with van der Waals surface area (Å²) in [6, 6.07) is 7.72. The van der Waals surface area contributed by atoms with Crippen molar-refractivity contribution in [2.75, 3.05) is 0 Å². The molecule has 0 heterocycles. The van der Waals surface area contributed by atoms with Gasteiger partial charge in [0.2, 0.25) is 5.91 Å². The van der Waals surface area contributed by atoms with Crippen LogP contribution < -0.4 is 16.8 Å². The fraction of sp³-hybridized carbons (Fsp3) is 0.552. The summed E-state index contributed by atoms with van der Waals surface area (Å²) in [7, 11) is 0. The number of hydrogen-bond acceptors (Lipinski definition) is 7. The lowest BCUT2D eigenvalue weighted by atomic mass is 9.86. The van der Waals surface area contributed by atoms with E-state index in [2.05, 4.69) is 10.3 Å². The maximum atomic E-state index is 13.6. The van der Waals surface area contributed by atoms with Crippen LogP contribution in [0.4, 0.5) is 0 Å². The standard InChI is InChI=1S/C29H43N5O5/c1-7-21(8-2)38-23-15-20(14-22(34-29(31)32)25(23)33-18(6)35)28(37)39-27(19-12-10-9-11-13-19)17(5)26(36)24(30)16(3)4/h9-13,15-17,21-23,25,27,30H,7-8,14H2,1-6H3,(H,33,35)(H4,31,32,34)/t17-,22-,23+,25+,27?/m0/s1. The Morgan fingerprint density at radius 3 is 2.23 bits per heavy atom. The molecule has 0 bridgehead atoms. The van der Waals surface area contributed by atoms with E-state index in [0.717, 1.165) is 12.8 Å². The van der Waals surface area contributed by atoms with Gasteiger partial charge in [-0.3, -0.25) is 9.59 Å². The Bertz CT molecular complexity index is 1080. The van der Waals surface area contributed by atoms with Crippen molar-refractivity contribution in [3.63, 3.8) is 0 Å².